The predicted octanol–water partition coefficient (Wildman–Crippen LogP) is 3.26. The number of esters is 2. The molecule has 0 saturated heterocycles. The molecule has 38 heavy (non-hydrogen) atoms. The average molecular weight is 609 g/mol. The van der Waals surface area contributed by atoms with Gasteiger partial charge in [-0.15, -0.1) is 0 Å². The highest BCUT2D eigenvalue weighted by Crippen LogP contribution is 2.18. The molecule has 2 rings (SSSR count). The van der Waals surface area contributed by atoms with Crippen molar-refractivity contribution in [2.75, 3.05) is 19.0 Å². The van der Waals surface area contributed by atoms with Crippen LogP contribution in [-0.4, -0.2) is 54.8 Å². The van der Waals surface area contributed by atoms with Gasteiger partial charge in [0, 0.05) is 22.4 Å². The van der Waals surface area contributed by atoms with E-state index in [4.69, 9.17) is 15.2 Å². The van der Waals surface area contributed by atoms with Gasteiger partial charge >= 0.3 is 11.9 Å². The molecule has 11 heteroatoms. The smallest absolute Gasteiger partial charge is 0.333 e. The minimum Gasteiger partial charge on any atom is -0.465 e. The lowest BCUT2D eigenvalue weighted by Crippen LogP contribution is -2.50. The molecule has 0 heterocycles. The van der Waals surface area contributed by atoms with E-state index in [9.17, 15) is 19.2 Å². The van der Waals surface area contributed by atoms with E-state index in [0.29, 0.717) is 11.3 Å². The quantitative estimate of drug-likeness (QED) is 0.262. The molecule has 2 aromatic carbocycles. The van der Waals surface area contributed by atoms with Gasteiger partial charge in [-0.05, 0) is 43.5 Å². The number of benzene rings is 2. The topological polar surface area (TPSA) is 137 Å². The summed E-state index contributed by atoms with van der Waals surface area (Å²) in [6.45, 7) is 3.71. The van der Waals surface area contributed by atoms with Crippen molar-refractivity contribution in [2.24, 2.45) is 5.73 Å². The highest BCUT2D eigenvalue weighted by atomic mass is 79.9. The molecule has 1 unspecified atom stereocenters. The van der Waals surface area contributed by atoms with Crippen LogP contribution >= 0.6 is 27.7 Å². The predicted molar refractivity (Wildman–Crippen MR) is 150 cm³/mol. The lowest BCUT2D eigenvalue weighted by Gasteiger charge is -2.23. The Morgan fingerprint density at radius 2 is 1.55 bits per heavy atom. The second kappa shape index (κ2) is 16.8. The van der Waals surface area contributed by atoms with Crippen molar-refractivity contribution in [1.82, 2.24) is 10.6 Å². The Bertz CT molecular complexity index is 1050. The van der Waals surface area contributed by atoms with Crippen molar-refractivity contribution in [3.05, 3.63) is 70.2 Å². The number of carbonyl (C=O) groups is 4. The molecule has 206 valence electrons. The van der Waals surface area contributed by atoms with E-state index < -0.39 is 41.9 Å². The van der Waals surface area contributed by atoms with Gasteiger partial charge in [0.05, 0.1) is 13.2 Å². The number of hydrogen-bond acceptors (Lipinski definition) is 8. The molecule has 0 aliphatic heterocycles. The number of rotatable bonds is 15. The minimum atomic E-state index is -1.03. The summed E-state index contributed by atoms with van der Waals surface area (Å²) in [7, 11) is 0. The van der Waals surface area contributed by atoms with Crippen LogP contribution in [-0.2, 0) is 34.4 Å². The average Bonchev–Trinajstić information content (AvgIpc) is 2.91. The van der Waals surface area contributed by atoms with Gasteiger partial charge in [0.15, 0.2) is 6.04 Å². The van der Waals surface area contributed by atoms with Crippen LogP contribution in [0.1, 0.15) is 43.9 Å². The third-order valence-corrected chi connectivity index (χ3v) is 6.97. The summed E-state index contributed by atoms with van der Waals surface area (Å²) in [5.41, 5.74) is 7.41. The van der Waals surface area contributed by atoms with Crippen LogP contribution in [0.15, 0.2) is 59.1 Å². The van der Waals surface area contributed by atoms with Crippen LogP contribution in [0, 0.1) is 0 Å². The van der Waals surface area contributed by atoms with Crippen LogP contribution in [0.25, 0.3) is 0 Å². The Hall–Kier alpha value is -2.89. The molecule has 0 aliphatic rings. The fraction of sp³-hybridized carbons (Fsp3) is 0.407. The Balaban J connectivity index is 2.11. The van der Waals surface area contributed by atoms with Crippen LogP contribution in [0.2, 0.25) is 0 Å². The number of nitrogens with one attached hydrogen (secondary N) is 2. The molecular weight excluding hydrogens is 574 g/mol. The fourth-order valence-corrected chi connectivity index (χ4v) is 4.65. The van der Waals surface area contributed by atoms with Gasteiger partial charge in [-0.2, -0.15) is 11.8 Å². The number of carbonyl (C=O) groups excluding carboxylic acids is 4. The number of halogens is 1. The summed E-state index contributed by atoms with van der Waals surface area (Å²) in [5.74, 6) is -1.29. The molecule has 0 aromatic heterocycles. The summed E-state index contributed by atoms with van der Waals surface area (Å²) in [4.78, 5) is 50.5. The highest BCUT2D eigenvalue weighted by molar-refractivity contribution is 9.10. The second-order valence-electron chi connectivity index (χ2n) is 8.26. The van der Waals surface area contributed by atoms with Gasteiger partial charge in [-0.1, -0.05) is 58.4 Å². The van der Waals surface area contributed by atoms with Crippen LogP contribution in [0.3, 0.4) is 0 Å². The van der Waals surface area contributed by atoms with Gasteiger partial charge in [0.1, 0.15) is 12.1 Å². The van der Waals surface area contributed by atoms with Gasteiger partial charge in [0.25, 0.3) is 0 Å². The molecule has 2 aromatic rings. The van der Waals surface area contributed by atoms with Crippen molar-refractivity contribution in [3.63, 3.8) is 0 Å². The van der Waals surface area contributed by atoms with Gasteiger partial charge in [-0.25, -0.2) is 4.79 Å². The van der Waals surface area contributed by atoms with E-state index in [1.165, 1.54) is 11.8 Å². The van der Waals surface area contributed by atoms with Crippen molar-refractivity contribution in [2.45, 2.75) is 50.6 Å². The first-order valence-electron chi connectivity index (χ1n) is 12.3. The molecule has 0 aliphatic carbocycles. The van der Waals surface area contributed by atoms with Crippen LogP contribution in [0.5, 0.6) is 0 Å². The molecular formula is C27H34BrN3O6S. The van der Waals surface area contributed by atoms with Crippen LogP contribution < -0.4 is 16.4 Å². The van der Waals surface area contributed by atoms with E-state index in [2.05, 4.69) is 26.6 Å². The van der Waals surface area contributed by atoms with Gasteiger partial charge in [-0.3, -0.25) is 14.4 Å². The van der Waals surface area contributed by atoms with E-state index in [-0.39, 0.29) is 31.8 Å². The van der Waals surface area contributed by atoms with E-state index in [1.807, 2.05) is 24.3 Å². The maximum Gasteiger partial charge on any atom is 0.333 e. The molecule has 0 fully saturated rings. The monoisotopic (exact) mass is 607 g/mol. The first kappa shape index (κ1) is 31.3. The SMILES string of the molecule is CCOC(=O)C(NC(=O)[C@H](CSCc1ccc(Br)cc1)NC(=O)CC[C@H](N)C(=O)OCC)c1ccccc1. The standard InChI is InChI=1S/C27H34BrN3O6S/c1-3-36-26(34)21(29)14-15-23(32)30-22(17-38-16-18-10-12-20(28)13-11-18)25(33)31-24(27(35)37-4-2)19-8-6-5-7-9-19/h5-13,21-22,24H,3-4,14-17,29H2,1-2H3,(H,30,32)(H,31,33)/t21-,22-,24?/m0/s1. The molecule has 0 saturated carbocycles. The molecule has 3 atom stereocenters. The molecule has 2 amide bonds. The summed E-state index contributed by atoms with van der Waals surface area (Å²) in [6, 6.07) is 13.6. The molecule has 9 nitrogen and oxygen atoms in total. The normalized spacial score (nSPS) is 13.1. The fourth-order valence-electron chi connectivity index (χ4n) is 3.37. The number of nitrogens with two attached hydrogens (primary N) is 1. The number of thioether (sulfide) groups is 1. The zero-order valence-electron chi connectivity index (χ0n) is 21.5. The second-order valence-corrected chi connectivity index (χ2v) is 10.2. The highest BCUT2D eigenvalue weighted by Gasteiger charge is 2.29. The molecule has 4 N–H and O–H groups in total. The van der Waals surface area contributed by atoms with E-state index in [0.717, 1.165) is 10.0 Å². The third kappa shape index (κ3) is 10.8. The van der Waals surface area contributed by atoms with Gasteiger partial charge < -0.3 is 25.8 Å². The third-order valence-electron chi connectivity index (χ3n) is 5.33. The van der Waals surface area contributed by atoms with Crippen LogP contribution in [0.4, 0.5) is 0 Å². The lowest BCUT2D eigenvalue weighted by atomic mass is 10.1. The van der Waals surface area contributed by atoms with Gasteiger partial charge in [0.2, 0.25) is 11.8 Å². The summed E-state index contributed by atoms with van der Waals surface area (Å²) in [5, 5.41) is 5.46. The maximum atomic E-state index is 13.3. The van der Waals surface area contributed by atoms with E-state index >= 15 is 0 Å². The lowest BCUT2D eigenvalue weighted by molar-refractivity contribution is -0.147. The van der Waals surface area contributed by atoms with Crippen molar-refractivity contribution >= 4 is 51.4 Å². The summed E-state index contributed by atoms with van der Waals surface area (Å²) in [6.07, 6.45) is 0.00162. The zero-order valence-corrected chi connectivity index (χ0v) is 23.9. The van der Waals surface area contributed by atoms with E-state index in [1.54, 1.807) is 44.2 Å². The summed E-state index contributed by atoms with van der Waals surface area (Å²) < 4.78 is 11.0. The number of hydrogen-bond donors (Lipinski definition) is 3. The Kier molecular flexibility index (Phi) is 13.9. The molecule has 0 spiro atoms. The zero-order chi connectivity index (χ0) is 27.9. The first-order chi connectivity index (χ1) is 18.2. The number of amides is 2. The van der Waals surface area contributed by atoms with Crippen molar-refractivity contribution < 1.29 is 28.7 Å². The van der Waals surface area contributed by atoms with Crippen molar-refractivity contribution in [3.8, 4) is 0 Å². The Morgan fingerprint density at radius 3 is 2.18 bits per heavy atom. The minimum absolute atomic E-state index is 0.0683. The first-order valence-corrected chi connectivity index (χ1v) is 14.3. The summed E-state index contributed by atoms with van der Waals surface area (Å²) >= 11 is 4.87. The maximum absolute atomic E-state index is 13.3. The Morgan fingerprint density at radius 1 is 0.921 bits per heavy atom. The van der Waals surface area contributed by atoms with Crippen molar-refractivity contribution in [1.29, 1.82) is 0 Å². The molecule has 0 radical (unpaired) electrons. The Labute approximate surface area is 235 Å². The molecule has 0 bridgehead atoms. The number of ether oxygens (including phenoxy) is 2. The largest absolute Gasteiger partial charge is 0.465 e.